The predicted molar refractivity (Wildman–Crippen MR) is 104 cm³/mol. The molecule has 1 amide bonds. The maximum Gasteiger partial charge on any atom is 0.270 e. The summed E-state index contributed by atoms with van der Waals surface area (Å²) in [5, 5.41) is 11.3. The van der Waals surface area contributed by atoms with Crippen LogP contribution in [0.15, 0.2) is 36.4 Å². The van der Waals surface area contributed by atoms with Gasteiger partial charge in [-0.05, 0) is 57.0 Å². The summed E-state index contributed by atoms with van der Waals surface area (Å²) in [6, 6.07) is 11.8. The minimum atomic E-state index is -0.0627. The van der Waals surface area contributed by atoms with Crippen molar-refractivity contribution in [1.29, 1.82) is 0 Å². The van der Waals surface area contributed by atoms with Gasteiger partial charge in [-0.1, -0.05) is 18.2 Å². The zero-order valence-corrected chi connectivity index (χ0v) is 15.9. The van der Waals surface area contributed by atoms with Gasteiger partial charge in [0.1, 0.15) is 5.69 Å². The molecule has 6 nitrogen and oxygen atoms in total. The average Bonchev–Trinajstić information content (AvgIpc) is 3.46. The van der Waals surface area contributed by atoms with Gasteiger partial charge in [-0.2, -0.15) is 5.10 Å². The number of aromatic nitrogens is 2. The minimum absolute atomic E-state index is 0.00653. The first-order valence-corrected chi connectivity index (χ1v) is 9.84. The Labute approximate surface area is 160 Å². The van der Waals surface area contributed by atoms with Gasteiger partial charge in [0.2, 0.25) is 0 Å². The second-order valence-corrected chi connectivity index (χ2v) is 7.84. The van der Waals surface area contributed by atoms with Gasteiger partial charge in [0.15, 0.2) is 0 Å². The Kier molecular flexibility index (Phi) is 5.27. The number of para-hydroxylation sites is 1. The smallest absolute Gasteiger partial charge is 0.270 e. The van der Waals surface area contributed by atoms with Gasteiger partial charge in [-0.15, -0.1) is 0 Å². The highest BCUT2D eigenvalue weighted by Gasteiger charge is 2.34. The molecule has 2 aromatic rings. The molecule has 1 aliphatic carbocycles. The topological polar surface area (TPSA) is 68.2 Å². The van der Waals surface area contributed by atoms with Crippen molar-refractivity contribution in [3.05, 3.63) is 47.8 Å². The van der Waals surface area contributed by atoms with Crippen LogP contribution in [0.5, 0.6) is 0 Å². The van der Waals surface area contributed by atoms with Crippen molar-refractivity contribution in [2.75, 3.05) is 33.4 Å². The van der Waals surface area contributed by atoms with Crippen LogP contribution in [0.1, 0.15) is 47.8 Å². The fourth-order valence-corrected chi connectivity index (χ4v) is 3.90. The number of nitrogens with one attached hydrogen (secondary N) is 2. The fraction of sp³-hybridized carbons (Fsp3) is 0.524. The number of hydrogen-bond donors (Lipinski definition) is 2. The van der Waals surface area contributed by atoms with E-state index in [-0.39, 0.29) is 11.3 Å². The van der Waals surface area contributed by atoms with Crippen molar-refractivity contribution < 1.29 is 9.53 Å². The van der Waals surface area contributed by atoms with Crippen molar-refractivity contribution in [2.24, 2.45) is 5.41 Å². The monoisotopic (exact) mass is 368 g/mol. The highest BCUT2D eigenvalue weighted by Crippen LogP contribution is 2.39. The van der Waals surface area contributed by atoms with Crippen LogP contribution in [0.3, 0.4) is 0 Å². The number of nitrogens with zero attached hydrogens (tertiary/aromatic N) is 2. The van der Waals surface area contributed by atoms with Gasteiger partial charge in [-0.3, -0.25) is 4.79 Å². The van der Waals surface area contributed by atoms with E-state index in [1.54, 1.807) is 11.8 Å². The van der Waals surface area contributed by atoms with Gasteiger partial charge in [0, 0.05) is 25.0 Å². The van der Waals surface area contributed by atoms with E-state index in [0.717, 1.165) is 50.2 Å². The molecule has 2 fully saturated rings. The summed E-state index contributed by atoms with van der Waals surface area (Å²) in [5.41, 5.74) is 2.57. The maximum absolute atomic E-state index is 13.1. The first-order valence-electron chi connectivity index (χ1n) is 9.84. The number of carbonyl (C=O) groups excluding carboxylic acids is 1. The highest BCUT2D eigenvalue weighted by atomic mass is 16.5. The molecule has 0 bridgehead atoms. The van der Waals surface area contributed by atoms with Crippen LogP contribution in [0.4, 0.5) is 0 Å². The number of methoxy groups -OCH3 is 1. The lowest BCUT2D eigenvalue weighted by Crippen LogP contribution is -2.47. The zero-order valence-electron chi connectivity index (χ0n) is 15.9. The molecule has 0 unspecified atom stereocenters. The van der Waals surface area contributed by atoms with Crippen molar-refractivity contribution >= 4 is 5.91 Å². The van der Waals surface area contributed by atoms with Gasteiger partial charge >= 0.3 is 0 Å². The number of amides is 1. The van der Waals surface area contributed by atoms with Crippen LogP contribution in [0.25, 0.3) is 5.69 Å². The largest absolute Gasteiger partial charge is 0.384 e. The highest BCUT2D eigenvalue weighted by molar-refractivity contribution is 5.93. The Morgan fingerprint density at radius 2 is 2.04 bits per heavy atom. The molecule has 1 aromatic heterocycles. The first kappa shape index (κ1) is 18.2. The van der Waals surface area contributed by atoms with E-state index in [1.807, 2.05) is 36.4 Å². The lowest BCUT2D eigenvalue weighted by Gasteiger charge is -2.37. The Morgan fingerprint density at radius 1 is 1.30 bits per heavy atom. The molecule has 0 spiro atoms. The molecule has 0 atom stereocenters. The minimum Gasteiger partial charge on any atom is -0.384 e. The van der Waals surface area contributed by atoms with Crippen LogP contribution < -0.4 is 10.6 Å². The third kappa shape index (κ3) is 4.06. The van der Waals surface area contributed by atoms with E-state index in [9.17, 15) is 4.79 Å². The molecule has 1 aromatic carbocycles. The number of piperidine rings is 1. The Bertz CT molecular complexity index is 771. The molecule has 2 heterocycles. The number of benzene rings is 1. The maximum atomic E-state index is 13.1. The number of rotatable bonds is 7. The molecular weight excluding hydrogens is 340 g/mol. The van der Waals surface area contributed by atoms with E-state index in [1.165, 1.54) is 0 Å². The summed E-state index contributed by atoms with van der Waals surface area (Å²) < 4.78 is 7.25. The molecule has 1 saturated heterocycles. The van der Waals surface area contributed by atoms with Crippen molar-refractivity contribution in [2.45, 2.75) is 31.6 Å². The second-order valence-electron chi connectivity index (χ2n) is 7.84. The standard InChI is InChI=1S/C21H28N4O2/c1-27-15-21(9-11-22-12-10-21)14-23-20(26)19-13-18(16-7-8-16)24-25(19)17-5-3-2-4-6-17/h2-6,13,16,22H,7-12,14-15H2,1H3,(H,23,26). The molecule has 2 N–H and O–H groups in total. The summed E-state index contributed by atoms with van der Waals surface area (Å²) in [7, 11) is 1.73. The molecule has 0 radical (unpaired) electrons. The van der Waals surface area contributed by atoms with Gasteiger partial charge in [-0.25, -0.2) is 4.68 Å². The third-order valence-electron chi connectivity index (χ3n) is 5.70. The van der Waals surface area contributed by atoms with E-state index in [2.05, 4.69) is 10.6 Å². The predicted octanol–water partition coefficient (Wildman–Crippen LogP) is 2.50. The summed E-state index contributed by atoms with van der Waals surface area (Å²) >= 11 is 0. The summed E-state index contributed by atoms with van der Waals surface area (Å²) in [5.74, 6) is 0.443. The molecular formula is C21H28N4O2. The number of ether oxygens (including phenoxy) is 1. The van der Waals surface area contributed by atoms with Crippen molar-refractivity contribution in [3.8, 4) is 5.69 Å². The van der Waals surface area contributed by atoms with Crippen LogP contribution in [0.2, 0.25) is 0 Å². The molecule has 27 heavy (non-hydrogen) atoms. The Hall–Kier alpha value is -2.18. The SMILES string of the molecule is COCC1(CNC(=O)c2cc(C3CC3)nn2-c2ccccc2)CCNCC1. The molecule has 1 aliphatic heterocycles. The lowest BCUT2D eigenvalue weighted by molar-refractivity contribution is 0.0510. The van der Waals surface area contributed by atoms with E-state index in [0.29, 0.717) is 24.8 Å². The van der Waals surface area contributed by atoms with Gasteiger partial charge in [0.25, 0.3) is 5.91 Å². The molecule has 1 saturated carbocycles. The molecule has 4 rings (SSSR count). The number of carbonyl (C=O) groups is 1. The first-order chi connectivity index (χ1) is 13.2. The molecule has 144 valence electrons. The van der Waals surface area contributed by atoms with E-state index in [4.69, 9.17) is 9.84 Å². The second kappa shape index (κ2) is 7.82. The number of hydrogen-bond acceptors (Lipinski definition) is 4. The van der Waals surface area contributed by atoms with Crippen molar-refractivity contribution in [1.82, 2.24) is 20.4 Å². The van der Waals surface area contributed by atoms with E-state index < -0.39 is 0 Å². The lowest BCUT2D eigenvalue weighted by atomic mass is 9.79. The van der Waals surface area contributed by atoms with Gasteiger partial charge < -0.3 is 15.4 Å². The Morgan fingerprint density at radius 3 is 2.70 bits per heavy atom. The summed E-state index contributed by atoms with van der Waals surface area (Å²) in [4.78, 5) is 13.1. The fourth-order valence-electron chi connectivity index (χ4n) is 3.90. The van der Waals surface area contributed by atoms with Gasteiger partial charge in [0.05, 0.1) is 18.0 Å². The van der Waals surface area contributed by atoms with Crippen LogP contribution in [-0.4, -0.2) is 49.0 Å². The summed E-state index contributed by atoms with van der Waals surface area (Å²) in [6.07, 6.45) is 4.34. The average molecular weight is 368 g/mol. The zero-order chi connectivity index (χ0) is 18.7. The third-order valence-corrected chi connectivity index (χ3v) is 5.70. The van der Waals surface area contributed by atoms with E-state index >= 15 is 0 Å². The van der Waals surface area contributed by atoms with Crippen LogP contribution in [-0.2, 0) is 4.74 Å². The van der Waals surface area contributed by atoms with Crippen LogP contribution in [0, 0.1) is 5.41 Å². The quantitative estimate of drug-likeness (QED) is 0.788. The Balaban J connectivity index is 1.54. The molecule has 6 heteroatoms. The molecule has 2 aliphatic rings. The normalized spacial score (nSPS) is 19.0. The van der Waals surface area contributed by atoms with Crippen LogP contribution >= 0.6 is 0 Å². The van der Waals surface area contributed by atoms with Crippen molar-refractivity contribution in [3.63, 3.8) is 0 Å². The summed E-state index contributed by atoms with van der Waals surface area (Å²) in [6.45, 7) is 3.22.